The third-order valence-electron chi connectivity index (χ3n) is 5.66. The Hall–Kier alpha value is -1.99. The summed E-state index contributed by atoms with van der Waals surface area (Å²) >= 11 is 5.11. The van der Waals surface area contributed by atoms with Crippen LogP contribution in [-0.2, 0) is 10.2 Å². The van der Waals surface area contributed by atoms with Crippen LogP contribution in [0.25, 0.3) is 10.2 Å². The molecule has 7 heteroatoms. The number of hydrogen-bond donors (Lipinski definition) is 0. The molecule has 5 nitrogen and oxygen atoms in total. The summed E-state index contributed by atoms with van der Waals surface area (Å²) in [5.74, 6) is 1.27. The van der Waals surface area contributed by atoms with Crippen molar-refractivity contribution in [2.75, 3.05) is 31.1 Å². The standard InChI is InChI=1S/C20H19BrN4OS/c21-15-3-1-14(2-4-15)20(6-7-20)19(26)25-10-8-24(9-11-25)17-16-5-12-27-18(16)23-13-22-17/h1-5,12-13H,6-11H2. The summed E-state index contributed by atoms with van der Waals surface area (Å²) in [5.41, 5.74) is 0.854. The zero-order valence-corrected chi connectivity index (χ0v) is 17.2. The molecule has 138 valence electrons. The Labute approximate surface area is 170 Å². The average Bonchev–Trinajstić information content (AvgIpc) is 3.37. The normalized spacial score (nSPS) is 18.7. The molecule has 1 aliphatic heterocycles. The fraction of sp³-hybridized carbons (Fsp3) is 0.350. The van der Waals surface area contributed by atoms with E-state index in [0.29, 0.717) is 0 Å². The van der Waals surface area contributed by atoms with Gasteiger partial charge < -0.3 is 9.80 Å². The van der Waals surface area contributed by atoms with Crippen LogP contribution in [0.4, 0.5) is 5.82 Å². The molecule has 2 fully saturated rings. The third kappa shape index (κ3) is 2.93. The smallest absolute Gasteiger partial charge is 0.233 e. The number of carbonyl (C=O) groups excluding carboxylic acids is 1. The number of rotatable bonds is 3. The molecule has 1 saturated carbocycles. The van der Waals surface area contributed by atoms with Gasteiger partial charge in [-0.15, -0.1) is 11.3 Å². The molecule has 2 aliphatic rings. The van der Waals surface area contributed by atoms with E-state index in [-0.39, 0.29) is 11.3 Å². The van der Waals surface area contributed by atoms with Crippen LogP contribution in [0.1, 0.15) is 18.4 Å². The van der Waals surface area contributed by atoms with Gasteiger partial charge in [-0.25, -0.2) is 9.97 Å². The first-order valence-electron chi connectivity index (χ1n) is 9.16. The highest BCUT2D eigenvalue weighted by atomic mass is 79.9. The van der Waals surface area contributed by atoms with Gasteiger partial charge in [0.15, 0.2) is 0 Å². The van der Waals surface area contributed by atoms with Crippen LogP contribution >= 0.6 is 27.3 Å². The molecule has 27 heavy (non-hydrogen) atoms. The lowest BCUT2D eigenvalue weighted by Gasteiger charge is -2.37. The topological polar surface area (TPSA) is 49.3 Å². The minimum Gasteiger partial charge on any atom is -0.352 e. The minimum atomic E-state index is -0.293. The predicted octanol–water partition coefficient (Wildman–Crippen LogP) is 3.83. The number of anilines is 1. The van der Waals surface area contributed by atoms with Gasteiger partial charge in [0, 0.05) is 30.7 Å². The first-order valence-corrected chi connectivity index (χ1v) is 10.8. The van der Waals surface area contributed by atoms with Crippen LogP contribution in [0.2, 0.25) is 0 Å². The van der Waals surface area contributed by atoms with Crippen molar-refractivity contribution in [1.82, 2.24) is 14.9 Å². The molecular formula is C20H19BrN4OS. The molecule has 0 unspecified atom stereocenters. The van der Waals surface area contributed by atoms with Gasteiger partial charge in [-0.2, -0.15) is 0 Å². The highest BCUT2D eigenvalue weighted by Crippen LogP contribution is 2.50. The van der Waals surface area contributed by atoms with Gasteiger partial charge in [0.25, 0.3) is 0 Å². The van der Waals surface area contributed by atoms with E-state index in [1.807, 2.05) is 17.0 Å². The van der Waals surface area contributed by atoms with Gasteiger partial charge in [-0.1, -0.05) is 28.1 Å². The van der Waals surface area contributed by atoms with Crippen molar-refractivity contribution in [2.24, 2.45) is 0 Å². The van der Waals surface area contributed by atoms with E-state index < -0.39 is 0 Å². The fourth-order valence-corrected chi connectivity index (χ4v) is 4.96. The van der Waals surface area contributed by atoms with E-state index in [2.05, 4.69) is 54.4 Å². The molecule has 1 amide bonds. The Morgan fingerprint density at radius 2 is 1.78 bits per heavy atom. The van der Waals surface area contributed by atoms with Crippen LogP contribution in [0.3, 0.4) is 0 Å². The molecule has 0 radical (unpaired) electrons. The third-order valence-corrected chi connectivity index (χ3v) is 7.01. The first kappa shape index (κ1) is 17.1. The van der Waals surface area contributed by atoms with Crippen molar-refractivity contribution in [3.63, 3.8) is 0 Å². The maximum absolute atomic E-state index is 13.3. The molecule has 2 aromatic heterocycles. The van der Waals surface area contributed by atoms with Crippen molar-refractivity contribution in [3.05, 3.63) is 52.1 Å². The van der Waals surface area contributed by atoms with E-state index in [0.717, 1.165) is 65.1 Å². The van der Waals surface area contributed by atoms with Gasteiger partial charge in [0.2, 0.25) is 5.91 Å². The number of amides is 1. The van der Waals surface area contributed by atoms with Crippen LogP contribution in [0.5, 0.6) is 0 Å². The maximum Gasteiger partial charge on any atom is 0.233 e. The number of fused-ring (bicyclic) bond motifs is 1. The second-order valence-corrected chi connectivity index (χ2v) is 9.02. The zero-order valence-electron chi connectivity index (χ0n) is 14.8. The number of nitrogens with zero attached hydrogens (tertiary/aromatic N) is 4. The Morgan fingerprint density at radius 1 is 1.04 bits per heavy atom. The average molecular weight is 443 g/mol. The summed E-state index contributed by atoms with van der Waals surface area (Å²) in [4.78, 5) is 27.4. The van der Waals surface area contributed by atoms with Crippen LogP contribution in [0, 0.1) is 0 Å². The number of benzene rings is 1. The summed E-state index contributed by atoms with van der Waals surface area (Å²) in [7, 11) is 0. The number of aromatic nitrogens is 2. The molecule has 0 N–H and O–H groups in total. The highest BCUT2D eigenvalue weighted by molar-refractivity contribution is 9.10. The summed E-state index contributed by atoms with van der Waals surface area (Å²) in [5, 5.41) is 3.16. The second kappa shape index (κ2) is 6.56. The van der Waals surface area contributed by atoms with E-state index >= 15 is 0 Å². The Kier molecular flexibility index (Phi) is 4.16. The first-order chi connectivity index (χ1) is 13.2. The van der Waals surface area contributed by atoms with Crippen molar-refractivity contribution in [3.8, 4) is 0 Å². The van der Waals surface area contributed by atoms with Gasteiger partial charge in [-0.3, -0.25) is 4.79 Å². The lowest BCUT2D eigenvalue weighted by atomic mass is 9.94. The highest BCUT2D eigenvalue weighted by Gasteiger charge is 2.53. The fourth-order valence-electron chi connectivity index (χ4n) is 3.97. The molecule has 1 saturated heterocycles. The summed E-state index contributed by atoms with van der Waals surface area (Å²) in [6.45, 7) is 3.10. The predicted molar refractivity (Wildman–Crippen MR) is 111 cm³/mol. The van der Waals surface area contributed by atoms with E-state index in [9.17, 15) is 4.79 Å². The molecule has 5 rings (SSSR count). The minimum absolute atomic E-state index is 0.285. The molecule has 0 bridgehead atoms. The van der Waals surface area contributed by atoms with Crippen molar-refractivity contribution in [2.45, 2.75) is 18.3 Å². The van der Waals surface area contributed by atoms with Crippen molar-refractivity contribution in [1.29, 1.82) is 0 Å². The van der Waals surface area contributed by atoms with Gasteiger partial charge in [0.05, 0.1) is 10.8 Å². The molecule has 0 atom stereocenters. The summed E-state index contributed by atoms with van der Waals surface area (Å²) in [6, 6.07) is 10.3. The monoisotopic (exact) mass is 442 g/mol. The van der Waals surface area contributed by atoms with Crippen molar-refractivity contribution < 1.29 is 4.79 Å². The lowest BCUT2D eigenvalue weighted by molar-refractivity contribution is -0.134. The summed E-state index contributed by atoms with van der Waals surface area (Å²) in [6.07, 6.45) is 3.54. The molecular weight excluding hydrogens is 424 g/mol. The SMILES string of the molecule is O=C(N1CCN(c2ncnc3sccc23)CC1)C1(c2ccc(Br)cc2)CC1. The zero-order chi connectivity index (χ0) is 18.4. The van der Waals surface area contributed by atoms with Crippen LogP contribution < -0.4 is 4.90 Å². The lowest BCUT2D eigenvalue weighted by Crippen LogP contribution is -2.51. The molecule has 3 heterocycles. The Balaban J connectivity index is 1.31. The number of halogens is 1. The van der Waals surface area contributed by atoms with Crippen LogP contribution in [0.15, 0.2) is 46.5 Å². The van der Waals surface area contributed by atoms with Gasteiger partial charge in [-0.05, 0) is 42.0 Å². The van der Waals surface area contributed by atoms with Gasteiger partial charge in [0.1, 0.15) is 17.0 Å². The Morgan fingerprint density at radius 3 is 2.48 bits per heavy atom. The molecule has 3 aromatic rings. The van der Waals surface area contributed by atoms with Crippen molar-refractivity contribution >= 4 is 49.2 Å². The number of hydrogen-bond acceptors (Lipinski definition) is 5. The van der Waals surface area contributed by atoms with Gasteiger partial charge >= 0.3 is 0 Å². The molecule has 0 spiro atoms. The largest absolute Gasteiger partial charge is 0.352 e. The van der Waals surface area contributed by atoms with E-state index in [1.54, 1.807) is 17.7 Å². The van der Waals surface area contributed by atoms with Crippen LogP contribution in [-0.4, -0.2) is 47.0 Å². The maximum atomic E-state index is 13.3. The van der Waals surface area contributed by atoms with E-state index in [1.165, 1.54) is 0 Å². The number of thiophene rings is 1. The quantitative estimate of drug-likeness (QED) is 0.618. The second-order valence-electron chi connectivity index (χ2n) is 7.20. The molecule has 1 aromatic carbocycles. The van der Waals surface area contributed by atoms with E-state index in [4.69, 9.17) is 0 Å². The number of carbonyl (C=O) groups is 1. The molecule has 1 aliphatic carbocycles. The summed E-state index contributed by atoms with van der Waals surface area (Å²) < 4.78 is 1.05. The number of piperazine rings is 1. The Bertz CT molecular complexity index is 991.